The lowest BCUT2D eigenvalue weighted by molar-refractivity contribution is -0.917. The van der Waals surface area contributed by atoms with Crippen LogP contribution in [0, 0.1) is 5.92 Å². The monoisotopic (exact) mass is 438 g/mol. The first-order valence-electron chi connectivity index (χ1n) is 12.1. The van der Waals surface area contributed by atoms with Gasteiger partial charge in [-0.1, -0.05) is 43.2 Å². The summed E-state index contributed by atoms with van der Waals surface area (Å²) in [4.78, 5) is 21.9. The number of aromatic nitrogens is 2. The summed E-state index contributed by atoms with van der Waals surface area (Å²) in [6.07, 6.45) is 12.7. The van der Waals surface area contributed by atoms with Crippen LogP contribution in [0.25, 0.3) is 0 Å². The molecule has 1 N–H and O–H groups in total. The van der Waals surface area contributed by atoms with Crippen LogP contribution in [0.3, 0.4) is 0 Å². The third-order valence-corrected chi connectivity index (χ3v) is 7.36. The van der Waals surface area contributed by atoms with Crippen LogP contribution in [0.2, 0.25) is 0 Å². The fourth-order valence-electron chi connectivity index (χ4n) is 5.57. The number of carbonyl (C=O) groups excluding carboxylic acids is 1. The van der Waals surface area contributed by atoms with Gasteiger partial charge in [0.25, 0.3) is 0 Å². The third kappa shape index (κ3) is 5.18. The minimum Gasteiger partial charge on any atom is -0.454 e. The molecular formula is C26H36N3O3+. The Morgan fingerprint density at radius 3 is 2.66 bits per heavy atom. The number of carbonyl (C=O) groups is 1. The molecule has 1 aliphatic heterocycles. The Hall–Kier alpha value is -2.31. The molecule has 1 saturated carbocycles. The number of esters is 1. The number of piperidine rings is 1. The molecule has 2 aliphatic rings. The van der Waals surface area contributed by atoms with Gasteiger partial charge in [0.1, 0.15) is 6.54 Å². The molecule has 2 heterocycles. The van der Waals surface area contributed by atoms with E-state index in [1.54, 1.807) is 12.4 Å². The second-order valence-electron chi connectivity index (χ2n) is 9.83. The first kappa shape index (κ1) is 22.9. The van der Waals surface area contributed by atoms with Gasteiger partial charge < -0.3 is 14.3 Å². The predicted molar refractivity (Wildman–Crippen MR) is 123 cm³/mol. The molecule has 3 atom stereocenters. The van der Waals surface area contributed by atoms with Gasteiger partial charge in [0.15, 0.2) is 11.7 Å². The average Bonchev–Trinajstić information content (AvgIpc) is 3.35. The molecular weight excluding hydrogens is 402 g/mol. The zero-order valence-electron chi connectivity index (χ0n) is 19.2. The average molecular weight is 439 g/mol. The number of hydrogen-bond acceptors (Lipinski definition) is 5. The van der Waals surface area contributed by atoms with Crippen molar-refractivity contribution in [3.05, 3.63) is 60.2 Å². The molecule has 1 saturated heterocycles. The van der Waals surface area contributed by atoms with Gasteiger partial charge in [-0.05, 0) is 31.2 Å². The minimum absolute atomic E-state index is 0.0751. The minimum atomic E-state index is -1.55. The Labute approximate surface area is 191 Å². The number of likely N-dealkylation sites (N-methyl/N-ethyl adjacent to an activating group) is 1. The third-order valence-electron chi connectivity index (χ3n) is 7.36. The lowest BCUT2D eigenvalue weighted by Crippen LogP contribution is -2.55. The molecule has 172 valence electrons. The highest BCUT2D eigenvalue weighted by molar-refractivity contribution is 5.81. The van der Waals surface area contributed by atoms with Gasteiger partial charge in [-0.2, -0.15) is 0 Å². The fourth-order valence-corrected chi connectivity index (χ4v) is 5.57. The van der Waals surface area contributed by atoms with Crippen molar-refractivity contribution < 1.29 is 19.1 Å². The first-order chi connectivity index (χ1) is 15.5. The summed E-state index contributed by atoms with van der Waals surface area (Å²) >= 11 is 0. The highest BCUT2D eigenvalue weighted by Crippen LogP contribution is 2.42. The van der Waals surface area contributed by atoms with Crippen molar-refractivity contribution in [1.82, 2.24) is 9.97 Å². The lowest BCUT2D eigenvalue weighted by atomic mass is 9.80. The lowest BCUT2D eigenvalue weighted by Gasteiger charge is -2.42. The summed E-state index contributed by atoms with van der Waals surface area (Å²) in [5.41, 5.74) is 0.127. The summed E-state index contributed by atoms with van der Waals surface area (Å²) in [5, 5.41) is 11.7. The largest absolute Gasteiger partial charge is 0.454 e. The van der Waals surface area contributed by atoms with Crippen LogP contribution in [0.5, 0.6) is 0 Å². The highest BCUT2D eigenvalue weighted by Gasteiger charge is 2.49. The molecule has 0 amide bonds. The summed E-state index contributed by atoms with van der Waals surface area (Å²) in [6.45, 7) is 2.89. The van der Waals surface area contributed by atoms with Gasteiger partial charge in [-0.15, -0.1) is 0 Å². The van der Waals surface area contributed by atoms with Crippen molar-refractivity contribution in [2.24, 2.45) is 5.92 Å². The Kier molecular flexibility index (Phi) is 7.21. The van der Waals surface area contributed by atoms with E-state index in [2.05, 4.69) is 17.0 Å². The van der Waals surface area contributed by atoms with Crippen LogP contribution < -0.4 is 0 Å². The molecule has 0 spiro atoms. The van der Waals surface area contributed by atoms with E-state index in [1.807, 2.05) is 36.5 Å². The summed E-state index contributed by atoms with van der Waals surface area (Å²) in [7, 11) is 2.25. The Morgan fingerprint density at radius 1 is 1.16 bits per heavy atom. The van der Waals surface area contributed by atoms with Crippen molar-refractivity contribution in [3.8, 4) is 0 Å². The number of hydrogen-bond donors (Lipinski definition) is 1. The smallest absolute Gasteiger partial charge is 0.343 e. The highest BCUT2D eigenvalue weighted by atomic mass is 16.6. The van der Waals surface area contributed by atoms with Gasteiger partial charge in [0, 0.05) is 37.4 Å². The molecule has 3 unspecified atom stereocenters. The maximum atomic E-state index is 13.4. The van der Waals surface area contributed by atoms with E-state index < -0.39 is 11.6 Å². The van der Waals surface area contributed by atoms with Gasteiger partial charge in [0.2, 0.25) is 0 Å². The van der Waals surface area contributed by atoms with Crippen molar-refractivity contribution in [2.75, 3.05) is 26.7 Å². The van der Waals surface area contributed by atoms with E-state index in [0.717, 1.165) is 81.2 Å². The summed E-state index contributed by atoms with van der Waals surface area (Å²) in [6, 6.07) is 9.39. The second-order valence-corrected chi connectivity index (χ2v) is 9.83. The maximum absolute atomic E-state index is 13.4. The normalized spacial score (nSPS) is 25.9. The molecule has 1 aliphatic carbocycles. The molecule has 0 radical (unpaired) electrons. The van der Waals surface area contributed by atoms with Crippen LogP contribution in [-0.4, -0.2) is 58.3 Å². The van der Waals surface area contributed by atoms with Crippen molar-refractivity contribution in [2.45, 2.75) is 63.1 Å². The Morgan fingerprint density at radius 2 is 1.94 bits per heavy atom. The van der Waals surface area contributed by atoms with Gasteiger partial charge >= 0.3 is 5.97 Å². The van der Waals surface area contributed by atoms with E-state index in [-0.39, 0.29) is 12.0 Å². The number of rotatable bonds is 8. The van der Waals surface area contributed by atoms with Crippen molar-refractivity contribution in [3.63, 3.8) is 0 Å². The summed E-state index contributed by atoms with van der Waals surface area (Å²) < 4.78 is 6.94. The molecule has 2 fully saturated rings. The SMILES string of the molecule is C[N+]1(CCCc2cnccn2)CCCC(OC(=O)C(O)(c2ccccc2)C2CCCC2)C1. The quantitative estimate of drug-likeness (QED) is 0.503. The van der Waals surface area contributed by atoms with E-state index >= 15 is 0 Å². The molecule has 4 rings (SSSR count). The number of aryl methyl sites for hydroxylation is 1. The summed E-state index contributed by atoms with van der Waals surface area (Å²) in [5.74, 6) is -0.539. The number of nitrogens with zero attached hydrogens (tertiary/aromatic N) is 3. The zero-order chi connectivity index (χ0) is 22.4. The molecule has 2 aromatic rings. The number of quaternary nitrogens is 1. The molecule has 1 aromatic carbocycles. The van der Waals surface area contributed by atoms with Crippen LogP contribution in [0.15, 0.2) is 48.9 Å². The van der Waals surface area contributed by atoms with Gasteiger partial charge in [-0.25, -0.2) is 4.79 Å². The fraction of sp³-hybridized carbons (Fsp3) is 0.577. The van der Waals surface area contributed by atoms with Crippen LogP contribution in [-0.2, 0) is 21.6 Å². The number of aliphatic hydroxyl groups is 1. The molecule has 1 aromatic heterocycles. The number of benzene rings is 1. The first-order valence-corrected chi connectivity index (χ1v) is 12.1. The van der Waals surface area contributed by atoms with Crippen molar-refractivity contribution >= 4 is 5.97 Å². The van der Waals surface area contributed by atoms with Crippen LogP contribution in [0.4, 0.5) is 0 Å². The van der Waals surface area contributed by atoms with E-state index in [0.29, 0.717) is 5.56 Å². The maximum Gasteiger partial charge on any atom is 0.343 e. The topological polar surface area (TPSA) is 72.3 Å². The van der Waals surface area contributed by atoms with E-state index in [9.17, 15) is 9.90 Å². The van der Waals surface area contributed by atoms with Crippen molar-refractivity contribution in [1.29, 1.82) is 0 Å². The molecule has 32 heavy (non-hydrogen) atoms. The van der Waals surface area contributed by atoms with Gasteiger partial charge in [-0.3, -0.25) is 9.97 Å². The molecule has 6 nitrogen and oxygen atoms in total. The van der Waals surface area contributed by atoms with E-state index in [4.69, 9.17) is 4.74 Å². The predicted octanol–water partition coefficient (Wildman–Crippen LogP) is 3.64. The van der Waals surface area contributed by atoms with Crippen LogP contribution in [0.1, 0.15) is 56.2 Å². The van der Waals surface area contributed by atoms with Crippen LogP contribution >= 0.6 is 0 Å². The molecule has 0 bridgehead atoms. The van der Waals surface area contributed by atoms with E-state index in [1.165, 1.54) is 0 Å². The molecule has 6 heteroatoms. The number of ether oxygens (including phenoxy) is 1. The van der Waals surface area contributed by atoms with Gasteiger partial charge in [0.05, 0.1) is 25.8 Å². The standard InChI is InChI=1S/C26H36N3O3/c1-29(17-7-13-23-19-27-15-16-28-23)18-8-14-24(20-29)32-25(30)26(31,22-11-5-6-12-22)21-9-3-2-4-10-21/h2-4,9-10,15-16,19,22,24,31H,5-8,11-14,17-18,20H2,1H3/q+1. The second kappa shape index (κ2) is 10.1. The Bertz CT molecular complexity index is 872. The Balaban J connectivity index is 1.40. The zero-order valence-corrected chi connectivity index (χ0v) is 19.2. The number of likely N-dealkylation sites (tertiary alicyclic amines) is 1.